The van der Waals surface area contributed by atoms with Crippen molar-refractivity contribution < 1.29 is 23.9 Å². The molecule has 7 nitrogen and oxygen atoms in total. The Morgan fingerprint density at radius 2 is 1.74 bits per heavy atom. The van der Waals surface area contributed by atoms with Gasteiger partial charge in [0, 0.05) is 12.1 Å². The molecule has 2 heterocycles. The number of amides is 3. The summed E-state index contributed by atoms with van der Waals surface area (Å²) in [4.78, 5) is 53.9. The van der Waals surface area contributed by atoms with Crippen LogP contribution in [-0.2, 0) is 16.1 Å². The number of rotatable bonds is 5. The summed E-state index contributed by atoms with van der Waals surface area (Å²) >= 11 is 0. The second-order valence-corrected chi connectivity index (χ2v) is 7.70. The van der Waals surface area contributed by atoms with Crippen LogP contribution < -0.4 is 0 Å². The van der Waals surface area contributed by atoms with E-state index < -0.39 is 17.9 Å². The van der Waals surface area contributed by atoms with Crippen molar-refractivity contribution in [3.05, 3.63) is 70.8 Å². The molecule has 2 aromatic rings. The number of imide groups is 1. The van der Waals surface area contributed by atoms with Crippen molar-refractivity contribution in [3.8, 4) is 0 Å². The predicted octanol–water partition coefficient (Wildman–Crippen LogP) is 3.04. The van der Waals surface area contributed by atoms with Crippen LogP contribution in [0, 0.1) is 0 Å². The van der Waals surface area contributed by atoms with Gasteiger partial charge in [0.1, 0.15) is 6.04 Å². The number of hydrogen-bond donors (Lipinski definition) is 0. The molecular weight excluding hydrogens is 396 g/mol. The largest absolute Gasteiger partial charge is 0.464 e. The fourth-order valence-electron chi connectivity index (χ4n) is 4.16. The topological polar surface area (TPSA) is 84.0 Å². The second kappa shape index (κ2) is 8.71. The van der Waals surface area contributed by atoms with E-state index in [0.717, 1.165) is 18.4 Å². The van der Waals surface area contributed by atoms with E-state index in [2.05, 4.69) is 0 Å². The van der Waals surface area contributed by atoms with Crippen LogP contribution in [-0.4, -0.2) is 52.7 Å². The van der Waals surface area contributed by atoms with Crippen LogP contribution in [0.3, 0.4) is 0 Å². The molecule has 31 heavy (non-hydrogen) atoms. The van der Waals surface area contributed by atoms with Crippen LogP contribution in [0.1, 0.15) is 62.8 Å². The van der Waals surface area contributed by atoms with Crippen LogP contribution in [0.5, 0.6) is 0 Å². The third-order valence-corrected chi connectivity index (χ3v) is 5.72. The number of esters is 1. The molecule has 0 aromatic heterocycles. The molecule has 1 fully saturated rings. The fraction of sp³-hybridized carbons (Fsp3) is 0.333. The maximum absolute atomic E-state index is 13.2. The zero-order chi connectivity index (χ0) is 22.0. The first kappa shape index (κ1) is 20.8. The van der Waals surface area contributed by atoms with E-state index in [9.17, 15) is 19.2 Å². The molecule has 7 heteroatoms. The monoisotopic (exact) mass is 420 g/mol. The lowest BCUT2D eigenvalue weighted by Crippen LogP contribution is -2.48. The number of fused-ring (bicyclic) bond motifs is 1. The summed E-state index contributed by atoms with van der Waals surface area (Å²) < 4.78 is 5.14. The first-order valence-electron chi connectivity index (χ1n) is 10.5. The second-order valence-electron chi connectivity index (χ2n) is 7.70. The zero-order valence-corrected chi connectivity index (χ0v) is 17.4. The van der Waals surface area contributed by atoms with Gasteiger partial charge < -0.3 is 9.64 Å². The number of benzene rings is 2. The van der Waals surface area contributed by atoms with E-state index in [1.807, 2.05) is 30.3 Å². The molecule has 0 aliphatic carbocycles. The van der Waals surface area contributed by atoms with Crippen LogP contribution in [0.15, 0.2) is 48.5 Å². The molecule has 0 spiro atoms. The average molecular weight is 420 g/mol. The van der Waals surface area contributed by atoms with Crippen molar-refractivity contribution in [3.63, 3.8) is 0 Å². The van der Waals surface area contributed by atoms with Crippen molar-refractivity contribution in [2.24, 2.45) is 0 Å². The minimum absolute atomic E-state index is 0.174. The molecule has 0 saturated carbocycles. The maximum atomic E-state index is 13.2. The summed E-state index contributed by atoms with van der Waals surface area (Å²) in [6.07, 6.45) is 2.20. The summed E-state index contributed by atoms with van der Waals surface area (Å²) in [6.45, 7) is 2.61. The zero-order valence-electron chi connectivity index (χ0n) is 17.4. The van der Waals surface area contributed by atoms with E-state index >= 15 is 0 Å². The predicted molar refractivity (Wildman–Crippen MR) is 112 cm³/mol. The highest BCUT2D eigenvalue weighted by atomic mass is 16.5. The minimum Gasteiger partial charge on any atom is -0.464 e. The van der Waals surface area contributed by atoms with E-state index in [1.165, 1.54) is 21.9 Å². The fourth-order valence-corrected chi connectivity index (χ4v) is 4.16. The summed E-state index contributed by atoms with van der Waals surface area (Å²) in [5.41, 5.74) is 1.64. The van der Waals surface area contributed by atoms with Crippen LogP contribution in [0.25, 0.3) is 0 Å². The minimum atomic E-state index is -0.624. The number of piperidine rings is 1. The van der Waals surface area contributed by atoms with Crippen molar-refractivity contribution >= 4 is 23.7 Å². The number of nitrogens with zero attached hydrogens (tertiary/aromatic N) is 2. The first-order valence-corrected chi connectivity index (χ1v) is 10.5. The Morgan fingerprint density at radius 3 is 2.48 bits per heavy atom. The summed E-state index contributed by atoms with van der Waals surface area (Å²) in [5.74, 6) is -1.52. The molecule has 1 atom stereocenters. The molecule has 0 bridgehead atoms. The molecular formula is C24H24N2O5. The van der Waals surface area contributed by atoms with E-state index in [-0.39, 0.29) is 41.7 Å². The number of hydrogen-bond acceptors (Lipinski definition) is 5. The Morgan fingerprint density at radius 1 is 1.00 bits per heavy atom. The quantitative estimate of drug-likeness (QED) is 0.548. The molecule has 1 unspecified atom stereocenters. The number of carbonyl (C=O) groups excluding carboxylic acids is 4. The molecule has 4 rings (SSSR count). The molecule has 1 saturated heterocycles. The Hall–Kier alpha value is -3.48. The van der Waals surface area contributed by atoms with Gasteiger partial charge in [0.15, 0.2) is 0 Å². The van der Waals surface area contributed by atoms with Crippen LogP contribution >= 0.6 is 0 Å². The third kappa shape index (κ3) is 3.95. The SMILES string of the molecule is CCOC(=O)C1CCCCN1C(=O)c1ccc2c(c1)C(=O)N(Cc1ccccc1)C2=O. The lowest BCUT2D eigenvalue weighted by Gasteiger charge is -2.34. The molecule has 160 valence electrons. The molecule has 2 aliphatic heterocycles. The summed E-state index contributed by atoms with van der Waals surface area (Å²) in [5, 5.41) is 0. The average Bonchev–Trinajstić information content (AvgIpc) is 3.04. The molecule has 2 aromatic carbocycles. The lowest BCUT2D eigenvalue weighted by molar-refractivity contribution is -0.149. The van der Waals surface area contributed by atoms with Gasteiger partial charge in [0.05, 0.1) is 24.3 Å². The molecule has 2 aliphatic rings. The molecule has 0 radical (unpaired) electrons. The Kier molecular flexibility index (Phi) is 5.84. The number of likely N-dealkylation sites (tertiary alicyclic amines) is 1. The Labute approximate surface area is 180 Å². The summed E-state index contributed by atoms with van der Waals surface area (Å²) in [6, 6.07) is 13.2. The van der Waals surface area contributed by atoms with Crippen molar-refractivity contribution in [2.75, 3.05) is 13.2 Å². The maximum Gasteiger partial charge on any atom is 0.328 e. The van der Waals surface area contributed by atoms with Crippen molar-refractivity contribution in [2.45, 2.75) is 38.8 Å². The van der Waals surface area contributed by atoms with Crippen molar-refractivity contribution in [1.29, 1.82) is 0 Å². The highest BCUT2D eigenvalue weighted by Gasteiger charge is 2.38. The van der Waals surface area contributed by atoms with Gasteiger partial charge >= 0.3 is 5.97 Å². The van der Waals surface area contributed by atoms with Crippen LogP contribution in [0.4, 0.5) is 0 Å². The van der Waals surface area contributed by atoms with E-state index in [4.69, 9.17) is 4.74 Å². The van der Waals surface area contributed by atoms with Gasteiger partial charge in [0.25, 0.3) is 17.7 Å². The van der Waals surface area contributed by atoms with Gasteiger partial charge in [-0.05, 0) is 49.9 Å². The lowest BCUT2D eigenvalue weighted by atomic mass is 9.99. The number of ether oxygens (including phenoxy) is 1. The van der Waals surface area contributed by atoms with E-state index in [1.54, 1.807) is 13.0 Å². The number of carbonyl (C=O) groups is 4. The highest BCUT2D eigenvalue weighted by molar-refractivity contribution is 6.22. The van der Waals surface area contributed by atoms with Crippen molar-refractivity contribution in [1.82, 2.24) is 9.80 Å². The van der Waals surface area contributed by atoms with Gasteiger partial charge in [-0.1, -0.05) is 30.3 Å². The Balaban J connectivity index is 1.58. The van der Waals surface area contributed by atoms with Gasteiger partial charge in [-0.15, -0.1) is 0 Å². The molecule has 0 N–H and O–H groups in total. The summed E-state index contributed by atoms with van der Waals surface area (Å²) in [7, 11) is 0. The Bertz CT molecular complexity index is 1030. The van der Waals surface area contributed by atoms with E-state index in [0.29, 0.717) is 13.0 Å². The first-order chi connectivity index (χ1) is 15.0. The van der Waals surface area contributed by atoms with Gasteiger partial charge in [-0.2, -0.15) is 0 Å². The third-order valence-electron chi connectivity index (χ3n) is 5.72. The van der Waals surface area contributed by atoms with Gasteiger partial charge in [0.2, 0.25) is 0 Å². The highest BCUT2D eigenvalue weighted by Crippen LogP contribution is 2.27. The standard InChI is InChI=1S/C24H24N2O5/c1-2-31-24(30)20-10-6-7-13-25(20)21(27)17-11-12-18-19(14-17)23(29)26(22(18)28)15-16-8-4-3-5-9-16/h3-5,8-9,11-12,14,20H,2,6-7,10,13,15H2,1H3. The smallest absolute Gasteiger partial charge is 0.328 e. The molecule has 3 amide bonds. The van der Waals surface area contributed by atoms with Gasteiger partial charge in [-0.3, -0.25) is 19.3 Å². The van der Waals surface area contributed by atoms with Crippen LogP contribution in [0.2, 0.25) is 0 Å². The van der Waals surface area contributed by atoms with Gasteiger partial charge in [-0.25, -0.2) is 4.79 Å². The normalized spacial score (nSPS) is 18.2.